The first kappa shape index (κ1) is 15.6. The van der Waals surface area contributed by atoms with Gasteiger partial charge in [-0.25, -0.2) is 4.79 Å². The molecule has 0 unspecified atom stereocenters. The average molecular weight is 324 g/mol. The Morgan fingerprint density at radius 1 is 1.38 bits per heavy atom. The van der Waals surface area contributed by atoms with E-state index < -0.39 is 5.97 Å². The van der Waals surface area contributed by atoms with Crippen LogP contribution in [0.1, 0.15) is 28.5 Å². The van der Waals surface area contributed by atoms with Gasteiger partial charge < -0.3 is 19.9 Å². The summed E-state index contributed by atoms with van der Waals surface area (Å²) in [6.45, 7) is 2.17. The lowest BCUT2D eigenvalue weighted by Gasteiger charge is -2.15. The second kappa shape index (κ2) is 5.74. The van der Waals surface area contributed by atoms with Crippen molar-refractivity contribution in [2.75, 3.05) is 24.3 Å². The molecule has 7 nitrogen and oxygen atoms in total. The molecule has 2 heterocycles. The molecule has 0 bridgehead atoms. The third kappa shape index (κ3) is 2.29. The van der Waals surface area contributed by atoms with E-state index in [1.54, 1.807) is 15.5 Å². The molecule has 0 spiro atoms. The standard InChI is InChI=1S/C17H16N4O3/c1-10(22)20-6-5-11-7-13(3-4-14(11)20)21-9-12(8-18)15(19)16(21)17(23)24-2/h3-4,7,9H,5-6,19H2,1-2H3. The number of nitriles is 1. The van der Waals surface area contributed by atoms with Crippen LogP contribution in [0, 0.1) is 11.3 Å². The highest BCUT2D eigenvalue weighted by Crippen LogP contribution is 2.32. The molecule has 1 aliphatic heterocycles. The Bertz CT molecular complexity index is 892. The van der Waals surface area contributed by atoms with E-state index in [1.165, 1.54) is 20.2 Å². The van der Waals surface area contributed by atoms with Crippen molar-refractivity contribution in [1.82, 2.24) is 4.57 Å². The van der Waals surface area contributed by atoms with Gasteiger partial charge in [0.2, 0.25) is 5.91 Å². The molecule has 122 valence electrons. The van der Waals surface area contributed by atoms with Crippen LogP contribution in [0.3, 0.4) is 0 Å². The molecule has 0 saturated carbocycles. The fraction of sp³-hybridized carbons (Fsp3) is 0.235. The summed E-state index contributed by atoms with van der Waals surface area (Å²) >= 11 is 0. The van der Waals surface area contributed by atoms with Crippen molar-refractivity contribution in [1.29, 1.82) is 5.26 Å². The van der Waals surface area contributed by atoms with Crippen molar-refractivity contribution < 1.29 is 14.3 Å². The number of nitrogens with two attached hydrogens (primary N) is 1. The van der Waals surface area contributed by atoms with E-state index in [-0.39, 0.29) is 22.9 Å². The second-order valence-corrected chi connectivity index (χ2v) is 5.51. The number of rotatable bonds is 2. The number of amides is 1. The van der Waals surface area contributed by atoms with Crippen molar-refractivity contribution in [2.24, 2.45) is 0 Å². The number of methoxy groups -OCH3 is 1. The maximum absolute atomic E-state index is 12.0. The minimum absolute atomic E-state index is 0.00581. The number of carbonyl (C=O) groups is 2. The minimum Gasteiger partial charge on any atom is -0.464 e. The highest BCUT2D eigenvalue weighted by atomic mass is 16.5. The summed E-state index contributed by atoms with van der Waals surface area (Å²) in [4.78, 5) is 25.4. The molecule has 0 atom stereocenters. The summed E-state index contributed by atoms with van der Waals surface area (Å²) in [5.74, 6) is -0.617. The lowest BCUT2D eigenvalue weighted by molar-refractivity contribution is -0.116. The van der Waals surface area contributed by atoms with Gasteiger partial charge >= 0.3 is 5.97 Å². The molecule has 3 rings (SSSR count). The Labute approximate surface area is 138 Å². The highest BCUT2D eigenvalue weighted by Gasteiger charge is 2.25. The van der Waals surface area contributed by atoms with Crippen molar-refractivity contribution in [2.45, 2.75) is 13.3 Å². The van der Waals surface area contributed by atoms with Crippen LogP contribution in [0.5, 0.6) is 0 Å². The average Bonchev–Trinajstić information content (AvgIpc) is 3.14. The van der Waals surface area contributed by atoms with Crippen molar-refractivity contribution in [3.05, 3.63) is 41.2 Å². The van der Waals surface area contributed by atoms with Gasteiger partial charge in [-0.3, -0.25) is 4.79 Å². The van der Waals surface area contributed by atoms with E-state index in [9.17, 15) is 9.59 Å². The van der Waals surface area contributed by atoms with Gasteiger partial charge in [-0.15, -0.1) is 0 Å². The van der Waals surface area contributed by atoms with Crippen LogP contribution in [0.4, 0.5) is 11.4 Å². The van der Waals surface area contributed by atoms with E-state index in [0.717, 1.165) is 17.7 Å². The largest absolute Gasteiger partial charge is 0.464 e. The van der Waals surface area contributed by atoms with Gasteiger partial charge in [-0.05, 0) is 30.2 Å². The van der Waals surface area contributed by atoms with Gasteiger partial charge in [-0.2, -0.15) is 5.26 Å². The number of esters is 1. The summed E-state index contributed by atoms with van der Waals surface area (Å²) in [6, 6.07) is 7.49. The number of nitrogen functional groups attached to an aromatic ring is 1. The van der Waals surface area contributed by atoms with Crippen molar-refractivity contribution >= 4 is 23.3 Å². The molecular formula is C17H16N4O3. The molecule has 1 aromatic heterocycles. The molecular weight excluding hydrogens is 308 g/mol. The quantitative estimate of drug-likeness (QED) is 0.846. The number of fused-ring (bicyclic) bond motifs is 1. The summed E-state index contributed by atoms with van der Waals surface area (Å²) in [5.41, 5.74) is 8.89. The Balaban J connectivity index is 2.13. The summed E-state index contributed by atoms with van der Waals surface area (Å²) in [6.07, 6.45) is 2.25. The minimum atomic E-state index is -0.611. The molecule has 0 fully saturated rings. The summed E-state index contributed by atoms with van der Waals surface area (Å²) in [5, 5.41) is 9.17. The lowest BCUT2D eigenvalue weighted by atomic mass is 10.1. The number of hydrogen-bond donors (Lipinski definition) is 1. The van der Waals surface area contributed by atoms with Gasteiger partial charge in [0.05, 0.1) is 18.4 Å². The molecule has 2 N–H and O–H groups in total. The van der Waals surface area contributed by atoms with E-state index >= 15 is 0 Å². The zero-order valence-electron chi connectivity index (χ0n) is 13.4. The van der Waals surface area contributed by atoms with Gasteiger partial charge in [0.1, 0.15) is 6.07 Å². The molecule has 24 heavy (non-hydrogen) atoms. The maximum Gasteiger partial charge on any atom is 0.357 e. The van der Waals surface area contributed by atoms with E-state index in [1.807, 2.05) is 18.2 Å². The fourth-order valence-electron chi connectivity index (χ4n) is 2.98. The molecule has 1 aliphatic rings. The number of aromatic nitrogens is 1. The second-order valence-electron chi connectivity index (χ2n) is 5.51. The van der Waals surface area contributed by atoms with E-state index in [4.69, 9.17) is 15.7 Å². The summed E-state index contributed by atoms with van der Waals surface area (Å²) in [7, 11) is 1.26. The third-order valence-electron chi connectivity index (χ3n) is 4.16. The molecule has 0 saturated heterocycles. The topological polar surface area (TPSA) is 101 Å². The lowest BCUT2D eigenvalue weighted by Crippen LogP contribution is -2.25. The zero-order valence-corrected chi connectivity index (χ0v) is 13.4. The van der Waals surface area contributed by atoms with Crippen LogP contribution in [-0.4, -0.2) is 30.1 Å². The van der Waals surface area contributed by atoms with Gasteiger partial charge in [-0.1, -0.05) is 0 Å². The van der Waals surface area contributed by atoms with Crippen LogP contribution in [0.25, 0.3) is 5.69 Å². The molecule has 0 aliphatic carbocycles. The van der Waals surface area contributed by atoms with Gasteiger partial charge in [0.25, 0.3) is 0 Å². The predicted molar refractivity (Wildman–Crippen MR) is 88.0 cm³/mol. The van der Waals surface area contributed by atoms with Gasteiger partial charge in [0.15, 0.2) is 5.69 Å². The van der Waals surface area contributed by atoms with Crippen LogP contribution in [-0.2, 0) is 16.0 Å². The Hall–Kier alpha value is -3.27. The number of hydrogen-bond acceptors (Lipinski definition) is 5. The SMILES string of the molecule is COC(=O)c1c(N)c(C#N)cn1-c1ccc2c(c1)CCN2C(C)=O. The zero-order chi connectivity index (χ0) is 17.4. The first-order valence-corrected chi connectivity index (χ1v) is 7.38. The maximum atomic E-state index is 12.0. The Morgan fingerprint density at radius 2 is 2.12 bits per heavy atom. The van der Waals surface area contributed by atoms with E-state index in [2.05, 4.69) is 0 Å². The first-order chi connectivity index (χ1) is 11.5. The molecule has 2 aromatic rings. The normalized spacial score (nSPS) is 12.6. The number of ether oxygens (including phenoxy) is 1. The van der Waals surface area contributed by atoms with E-state index in [0.29, 0.717) is 12.2 Å². The third-order valence-corrected chi connectivity index (χ3v) is 4.16. The fourth-order valence-corrected chi connectivity index (χ4v) is 2.98. The molecule has 1 aromatic carbocycles. The number of benzene rings is 1. The van der Waals surface area contributed by atoms with Crippen molar-refractivity contribution in [3.63, 3.8) is 0 Å². The number of anilines is 2. The number of carbonyl (C=O) groups excluding carboxylic acids is 2. The molecule has 7 heteroatoms. The van der Waals surface area contributed by atoms with Crippen LogP contribution in [0.2, 0.25) is 0 Å². The summed E-state index contributed by atoms with van der Waals surface area (Å²) < 4.78 is 6.33. The number of nitrogens with zero attached hydrogens (tertiary/aromatic N) is 3. The van der Waals surface area contributed by atoms with Crippen LogP contribution in [0.15, 0.2) is 24.4 Å². The predicted octanol–water partition coefficient (Wildman–Crippen LogP) is 1.63. The van der Waals surface area contributed by atoms with Crippen LogP contribution >= 0.6 is 0 Å². The first-order valence-electron chi connectivity index (χ1n) is 7.38. The molecule has 0 radical (unpaired) electrons. The molecule has 1 amide bonds. The Morgan fingerprint density at radius 3 is 2.75 bits per heavy atom. The smallest absolute Gasteiger partial charge is 0.357 e. The monoisotopic (exact) mass is 324 g/mol. The van der Waals surface area contributed by atoms with Crippen molar-refractivity contribution in [3.8, 4) is 11.8 Å². The van der Waals surface area contributed by atoms with Gasteiger partial charge in [0, 0.05) is 31.0 Å². The Kier molecular flexibility index (Phi) is 3.73. The van der Waals surface area contributed by atoms with Crippen LogP contribution < -0.4 is 10.6 Å². The highest BCUT2D eigenvalue weighted by molar-refractivity contribution is 5.96.